The van der Waals surface area contributed by atoms with Crippen molar-refractivity contribution >= 4 is 11.8 Å². The number of thioether (sulfide) groups is 1. The van der Waals surface area contributed by atoms with Gasteiger partial charge in [0.2, 0.25) is 0 Å². The van der Waals surface area contributed by atoms with E-state index in [-0.39, 0.29) is 12.6 Å². The molecule has 0 aliphatic heterocycles. The predicted molar refractivity (Wildman–Crippen MR) is 55.4 cm³/mol. The number of halogens is 1. The Morgan fingerprint density at radius 2 is 2.14 bits per heavy atom. The van der Waals surface area contributed by atoms with E-state index in [2.05, 4.69) is 0 Å². The fourth-order valence-electron chi connectivity index (χ4n) is 1.12. The molecule has 0 saturated heterocycles. The van der Waals surface area contributed by atoms with Gasteiger partial charge in [-0.25, -0.2) is 4.39 Å². The van der Waals surface area contributed by atoms with Crippen molar-refractivity contribution in [2.24, 2.45) is 0 Å². The number of rotatable bonds is 4. The third-order valence-corrected chi connectivity index (χ3v) is 2.49. The Morgan fingerprint density at radius 1 is 1.43 bits per heavy atom. The number of aryl methyl sites for hydroxylation is 1. The molecular formula is C10H13FO2S. The SMILES string of the molecule is COCOc1cc(C)cc(F)c1SC. The zero-order valence-corrected chi connectivity index (χ0v) is 9.28. The van der Waals surface area contributed by atoms with Gasteiger partial charge in [-0.05, 0) is 30.9 Å². The van der Waals surface area contributed by atoms with Crippen LogP contribution >= 0.6 is 11.8 Å². The van der Waals surface area contributed by atoms with Crippen LogP contribution < -0.4 is 4.74 Å². The second kappa shape index (κ2) is 5.22. The van der Waals surface area contributed by atoms with Crippen LogP contribution in [0.2, 0.25) is 0 Å². The molecule has 0 N–H and O–H groups in total. The van der Waals surface area contributed by atoms with E-state index < -0.39 is 0 Å². The maximum absolute atomic E-state index is 13.4. The molecule has 1 rings (SSSR count). The summed E-state index contributed by atoms with van der Waals surface area (Å²) >= 11 is 1.33. The molecule has 0 aromatic heterocycles. The normalized spacial score (nSPS) is 10.3. The number of ether oxygens (including phenoxy) is 2. The predicted octanol–water partition coefficient (Wildman–Crippen LogP) is 2.84. The lowest BCUT2D eigenvalue weighted by molar-refractivity contribution is 0.0487. The maximum Gasteiger partial charge on any atom is 0.188 e. The van der Waals surface area contributed by atoms with Crippen LogP contribution in [0.1, 0.15) is 5.56 Å². The molecule has 78 valence electrons. The van der Waals surface area contributed by atoms with E-state index in [0.29, 0.717) is 10.6 Å². The van der Waals surface area contributed by atoms with Gasteiger partial charge in [0.1, 0.15) is 11.6 Å². The second-order valence-corrected chi connectivity index (χ2v) is 3.65. The van der Waals surface area contributed by atoms with Crippen LogP contribution in [0.3, 0.4) is 0 Å². The summed E-state index contributed by atoms with van der Waals surface area (Å²) in [6.45, 7) is 1.96. The minimum Gasteiger partial charge on any atom is -0.466 e. The Kier molecular flexibility index (Phi) is 4.22. The van der Waals surface area contributed by atoms with E-state index >= 15 is 0 Å². The third-order valence-electron chi connectivity index (χ3n) is 1.69. The van der Waals surface area contributed by atoms with Crippen LogP contribution in [0.25, 0.3) is 0 Å². The summed E-state index contributed by atoms with van der Waals surface area (Å²) < 4.78 is 23.4. The first kappa shape index (κ1) is 11.3. The monoisotopic (exact) mass is 216 g/mol. The molecule has 1 aromatic carbocycles. The van der Waals surface area contributed by atoms with Gasteiger partial charge >= 0.3 is 0 Å². The lowest BCUT2D eigenvalue weighted by Crippen LogP contribution is -2.01. The van der Waals surface area contributed by atoms with Gasteiger partial charge in [-0.15, -0.1) is 11.8 Å². The fraction of sp³-hybridized carbons (Fsp3) is 0.400. The second-order valence-electron chi connectivity index (χ2n) is 2.83. The van der Waals surface area contributed by atoms with Gasteiger partial charge in [0.15, 0.2) is 6.79 Å². The Balaban J connectivity index is 2.99. The zero-order chi connectivity index (χ0) is 10.6. The Bertz CT molecular complexity index is 315. The van der Waals surface area contributed by atoms with Crippen molar-refractivity contribution in [2.45, 2.75) is 11.8 Å². The van der Waals surface area contributed by atoms with Crippen molar-refractivity contribution in [2.75, 3.05) is 20.2 Å². The average molecular weight is 216 g/mol. The van der Waals surface area contributed by atoms with Gasteiger partial charge in [0.05, 0.1) is 4.90 Å². The van der Waals surface area contributed by atoms with Crippen LogP contribution in [-0.2, 0) is 4.74 Å². The molecule has 0 saturated carbocycles. The van der Waals surface area contributed by atoms with E-state index in [9.17, 15) is 4.39 Å². The highest BCUT2D eigenvalue weighted by Gasteiger charge is 2.09. The molecule has 4 heteroatoms. The van der Waals surface area contributed by atoms with E-state index in [1.807, 2.05) is 13.2 Å². The molecule has 0 unspecified atom stereocenters. The lowest BCUT2D eigenvalue weighted by atomic mass is 10.2. The first-order chi connectivity index (χ1) is 6.69. The van der Waals surface area contributed by atoms with Gasteiger partial charge < -0.3 is 9.47 Å². The topological polar surface area (TPSA) is 18.5 Å². The Morgan fingerprint density at radius 3 is 2.71 bits per heavy atom. The first-order valence-corrected chi connectivity index (χ1v) is 5.37. The smallest absolute Gasteiger partial charge is 0.188 e. The van der Waals surface area contributed by atoms with Crippen LogP contribution in [0.5, 0.6) is 5.75 Å². The molecule has 0 radical (unpaired) electrons. The number of hydrogen-bond donors (Lipinski definition) is 0. The van der Waals surface area contributed by atoms with Crippen LogP contribution in [0, 0.1) is 12.7 Å². The average Bonchev–Trinajstić information content (AvgIpc) is 2.14. The van der Waals surface area contributed by atoms with Crippen molar-refractivity contribution in [1.29, 1.82) is 0 Å². The summed E-state index contributed by atoms with van der Waals surface area (Å²) in [7, 11) is 1.53. The molecule has 0 aliphatic rings. The Labute approximate surface area is 87.4 Å². The quantitative estimate of drug-likeness (QED) is 0.569. The fourth-order valence-corrected chi connectivity index (χ4v) is 1.70. The summed E-state index contributed by atoms with van der Waals surface area (Å²) in [5, 5.41) is 0. The van der Waals surface area contributed by atoms with Gasteiger partial charge in [-0.1, -0.05) is 0 Å². The molecule has 0 aliphatic carbocycles. The highest BCUT2D eigenvalue weighted by molar-refractivity contribution is 7.98. The molecule has 14 heavy (non-hydrogen) atoms. The van der Waals surface area contributed by atoms with Gasteiger partial charge in [-0.3, -0.25) is 0 Å². The maximum atomic E-state index is 13.4. The summed E-state index contributed by atoms with van der Waals surface area (Å²) in [5.41, 5.74) is 0.839. The van der Waals surface area contributed by atoms with E-state index in [1.54, 1.807) is 6.07 Å². The van der Waals surface area contributed by atoms with Crippen molar-refractivity contribution in [3.8, 4) is 5.75 Å². The van der Waals surface area contributed by atoms with Crippen LogP contribution in [0.4, 0.5) is 4.39 Å². The largest absolute Gasteiger partial charge is 0.466 e. The standard InChI is InChI=1S/C10H13FO2S/c1-7-4-8(11)10(14-3)9(5-7)13-6-12-2/h4-5H,6H2,1-3H3. The van der Waals surface area contributed by atoms with Gasteiger partial charge in [-0.2, -0.15) is 0 Å². The molecule has 0 amide bonds. The molecular weight excluding hydrogens is 203 g/mol. The molecule has 2 nitrogen and oxygen atoms in total. The molecule has 0 atom stereocenters. The molecule has 0 bridgehead atoms. The van der Waals surface area contributed by atoms with E-state index in [1.165, 1.54) is 24.9 Å². The summed E-state index contributed by atoms with van der Waals surface area (Å²) in [6.07, 6.45) is 1.81. The molecule has 0 heterocycles. The lowest BCUT2D eigenvalue weighted by Gasteiger charge is -2.10. The highest BCUT2D eigenvalue weighted by Crippen LogP contribution is 2.31. The van der Waals surface area contributed by atoms with Gasteiger partial charge in [0, 0.05) is 7.11 Å². The summed E-state index contributed by atoms with van der Waals surface area (Å²) in [5.74, 6) is 0.292. The number of hydrogen-bond acceptors (Lipinski definition) is 3. The molecule has 0 spiro atoms. The molecule has 1 aromatic rings. The van der Waals surface area contributed by atoms with Crippen molar-refractivity contribution in [3.05, 3.63) is 23.5 Å². The minimum atomic E-state index is -0.247. The van der Waals surface area contributed by atoms with Crippen LogP contribution in [-0.4, -0.2) is 20.2 Å². The van der Waals surface area contributed by atoms with Crippen LogP contribution in [0.15, 0.2) is 17.0 Å². The molecule has 0 fully saturated rings. The summed E-state index contributed by atoms with van der Waals surface area (Å²) in [6, 6.07) is 3.29. The van der Waals surface area contributed by atoms with Crippen molar-refractivity contribution in [3.63, 3.8) is 0 Å². The van der Waals surface area contributed by atoms with Gasteiger partial charge in [0.25, 0.3) is 0 Å². The number of methoxy groups -OCH3 is 1. The van der Waals surface area contributed by atoms with E-state index in [0.717, 1.165) is 5.56 Å². The Hall–Kier alpha value is -0.740. The van der Waals surface area contributed by atoms with Crippen molar-refractivity contribution < 1.29 is 13.9 Å². The van der Waals surface area contributed by atoms with E-state index in [4.69, 9.17) is 9.47 Å². The summed E-state index contributed by atoms with van der Waals surface area (Å²) in [4.78, 5) is 0.521. The highest BCUT2D eigenvalue weighted by atomic mass is 32.2. The first-order valence-electron chi connectivity index (χ1n) is 4.15. The zero-order valence-electron chi connectivity index (χ0n) is 8.46. The minimum absolute atomic E-state index is 0.135. The third kappa shape index (κ3) is 2.62. The van der Waals surface area contributed by atoms with Crippen molar-refractivity contribution in [1.82, 2.24) is 0 Å². The number of benzene rings is 1.